The molecule has 3 rings (SSSR count). The lowest BCUT2D eigenvalue weighted by atomic mass is 10.2. The van der Waals surface area contributed by atoms with Gasteiger partial charge in [0.05, 0.1) is 22.3 Å². The predicted octanol–water partition coefficient (Wildman–Crippen LogP) is 2.79. The van der Waals surface area contributed by atoms with Crippen molar-refractivity contribution >= 4 is 46.3 Å². The van der Waals surface area contributed by atoms with Gasteiger partial charge in [-0.15, -0.1) is 11.3 Å². The molecule has 0 bridgehead atoms. The van der Waals surface area contributed by atoms with Crippen LogP contribution >= 0.6 is 22.9 Å². The SMILES string of the molecule is CNCCNc1ccc(N2CC(CNC(=O)c3ccc(Cl)s3)OC2=O)cc1. The van der Waals surface area contributed by atoms with Gasteiger partial charge in [0.2, 0.25) is 0 Å². The highest BCUT2D eigenvalue weighted by atomic mass is 35.5. The van der Waals surface area contributed by atoms with E-state index in [1.54, 1.807) is 17.0 Å². The molecule has 3 N–H and O–H groups in total. The van der Waals surface area contributed by atoms with Crippen LogP contribution in [0.2, 0.25) is 4.34 Å². The highest BCUT2D eigenvalue weighted by Crippen LogP contribution is 2.24. The first-order valence-corrected chi connectivity index (χ1v) is 9.76. The Bertz CT molecular complexity index is 796. The maximum atomic E-state index is 12.2. The number of rotatable bonds is 8. The number of likely N-dealkylation sites (N-methyl/N-ethyl adjacent to an activating group) is 1. The van der Waals surface area contributed by atoms with Crippen molar-refractivity contribution in [2.45, 2.75) is 6.10 Å². The van der Waals surface area contributed by atoms with Crippen molar-refractivity contribution in [1.29, 1.82) is 0 Å². The first kappa shape index (κ1) is 19.5. The number of halogens is 1. The van der Waals surface area contributed by atoms with E-state index < -0.39 is 12.2 Å². The van der Waals surface area contributed by atoms with Gasteiger partial charge in [-0.25, -0.2) is 4.79 Å². The minimum absolute atomic E-state index is 0.224. The summed E-state index contributed by atoms with van der Waals surface area (Å²) in [5, 5.41) is 9.13. The summed E-state index contributed by atoms with van der Waals surface area (Å²) in [7, 11) is 1.90. The third-order valence-corrected chi connectivity index (χ3v) is 5.27. The van der Waals surface area contributed by atoms with Gasteiger partial charge in [0.25, 0.3) is 5.91 Å². The van der Waals surface area contributed by atoms with Gasteiger partial charge in [-0.2, -0.15) is 0 Å². The minimum atomic E-state index is -0.413. The molecular formula is C18H21ClN4O3S. The van der Waals surface area contributed by atoms with Crippen molar-refractivity contribution in [1.82, 2.24) is 10.6 Å². The Kier molecular flexibility index (Phi) is 6.54. The average molecular weight is 409 g/mol. The Morgan fingerprint density at radius 2 is 2.04 bits per heavy atom. The van der Waals surface area contributed by atoms with Gasteiger partial charge in [-0.05, 0) is 43.4 Å². The molecule has 1 aliphatic heterocycles. The van der Waals surface area contributed by atoms with Crippen LogP contribution in [0.3, 0.4) is 0 Å². The number of hydrogen-bond donors (Lipinski definition) is 3. The summed E-state index contributed by atoms with van der Waals surface area (Å²) in [5.74, 6) is -0.224. The van der Waals surface area contributed by atoms with Gasteiger partial charge < -0.3 is 20.7 Å². The Hall–Kier alpha value is -2.29. The zero-order valence-electron chi connectivity index (χ0n) is 14.8. The van der Waals surface area contributed by atoms with Gasteiger partial charge in [-0.3, -0.25) is 9.69 Å². The summed E-state index contributed by atoms with van der Waals surface area (Å²) < 4.78 is 5.91. The van der Waals surface area contributed by atoms with Crippen LogP contribution in [0.1, 0.15) is 9.67 Å². The number of carbonyl (C=O) groups is 2. The van der Waals surface area contributed by atoms with E-state index in [9.17, 15) is 9.59 Å². The van der Waals surface area contributed by atoms with Gasteiger partial charge in [0.1, 0.15) is 6.10 Å². The highest BCUT2D eigenvalue weighted by molar-refractivity contribution is 7.17. The van der Waals surface area contributed by atoms with Crippen molar-refractivity contribution in [2.24, 2.45) is 0 Å². The molecule has 7 nitrogen and oxygen atoms in total. The maximum absolute atomic E-state index is 12.2. The predicted molar refractivity (Wildman–Crippen MR) is 108 cm³/mol. The molecule has 1 aromatic carbocycles. The van der Waals surface area contributed by atoms with E-state index in [0.717, 1.165) is 24.5 Å². The van der Waals surface area contributed by atoms with Crippen LogP contribution in [0.15, 0.2) is 36.4 Å². The summed E-state index contributed by atoms with van der Waals surface area (Å²) in [5.41, 5.74) is 1.75. The number of nitrogens with zero attached hydrogens (tertiary/aromatic N) is 1. The molecule has 2 aromatic rings. The number of thiophene rings is 1. The molecule has 2 heterocycles. The number of nitrogens with one attached hydrogen (secondary N) is 3. The first-order chi connectivity index (χ1) is 13.1. The van der Waals surface area contributed by atoms with Crippen LogP contribution in [0.5, 0.6) is 0 Å². The van der Waals surface area contributed by atoms with Gasteiger partial charge in [-0.1, -0.05) is 11.6 Å². The van der Waals surface area contributed by atoms with Crippen LogP contribution in [-0.4, -0.2) is 51.3 Å². The second-order valence-electron chi connectivity index (χ2n) is 6.01. The van der Waals surface area contributed by atoms with Crippen molar-refractivity contribution in [2.75, 3.05) is 43.4 Å². The van der Waals surface area contributed by atoms with E-state index in [4.69, 9.17) is 16.3 Å². The normalized spacial score (nSPS) is 16.3. The average Bonchev–Trinajstić information content (AvgIpc) is 3.26. The van der Waals surface area contributed by atoms with E-state index in [1.807, 2.05) is 31.3 Å². The van der Waals surface area contributed by atoms with E-state index in [-0.39, 0.29) is 12.5 Å². The third-order valence-electron chi connectivity index (χ3n) is 4.04. The molecule has 1 saturated heterocycles. The molecule has 1 atom stereocenters. The molecule has 27 heavy (non-hydrogen) atoms. The molecule has 9 heteroatoms. The Balaban J connectivity index is 1.51. The van der Waals surface area contributed by atoms with Crippen molar-refractivity contribution in [3.63, 3.8) is 0 Å². The standard InChI is InChI=1S/C18H21ClN4O3S/c1-20-8-9-21-12-2-4-13(5-3-12)23-11-14(26-18(23)25)10-22-17(24)15-6-7-16(19)27-15/h2-7,14,20-21H,8-11H2,1H3,(H,22,24). The fraction of sp³-hybridized carbons (Fsp3) is 0.333. The maximum Gasteiger partial charge on any atom is 0.414 e. The van der Waals surface area contributed by atoms with Crippen molar-refractivity contribution < 1.29 is 14.3 Å². The number of ether oxygens (including phenoxy) is 1. The summed E-state index contributed by atoms with van der Waals surface area (Å²) >= 11 is 7.05. The third kappa shape index (κ3) is 5.12. The Morgan fingerprint density at radius 1 is 1.26 bits per heavy atom. The van der Waals surface area contributed by atoms with Crippen LogP contribution in [0.4, 0.5) is 16.2 Å². The number of carbonyl (C=O) groups excluding carboxylic acids is 2. The van der Waals surface area contributed by atoms with Crippen LogP contribution in [-0.2, 0) is 4.74 Å². The molecule has 1 aromatic heterocycles. The topological polar surface area (TPSA) is 82.7 Å². The summed E-state index contributed by atoms with van der Waals surface area (Å²) in [6.45, 7) is 2.32. The molecule has 1 unspecified atom stereocenters. The lowest BCUT2D eigenvalue weighted by Gasteiger charge is -2.14. The second-order valence-corrected chi connectivity index (χ2v) is 7.72. The second kappa shape index (κ2) is 9.07. The molecular weight excluding hydrogens is 388 g/mol. The van der Waals surface area contributed by atoms with Crippen molar-refractivity contribution in [3.8, 4) is 0 Å². The van der Waals surface area contributed by atoms with Gasteiger partial charge in [0.15, 0.2) is 0 Å². The summed E-state index contributed by atoms with van der Waals surface area (Å²) in [6.07, 6.45) is -0.811. The fourth-order valence-electron chi connectivity index (χ4n) is 2.66. The number of amides is 2. The smallest absolute Gasteiger partial charge is 0.414 e. The molecule has 1 aliphatic rings. The van der Waals surface area contributed by atoms with Crippen LogP contribution in [0.25, 0.3) is 0 Å². The van der Waals surface area contributed by atoms with E-state index in [2.05, 4.69) is 16.0 Å². The monoisotopic (exact) mass is 408 g/mol. The zero-order chi connectivity index (χ0) is 19.2. The fourth-order valence-corrected chi connectivity index (χ4v) is 3.62. The van der Waals surface area contributed by atoms with Crippen LogP contribution < -0.4 is 20.9 Å². The molecule has 0 spiro atoms. The molecule has 0 aliphatic carbocycles. The molecule has 0 saturated carbocycles. The number of anilines is 2. The molecule has 1 fully saturated rings. The Morgan fingerprint density at radius 3 is 2.70 bits per heavy atom. The first-order valence-electron chi connectivity index (χ1n) is 8.57. The largest absolute Gasteiger partial charge is 0.442 e. The van der Waals surface area contributed by atoms with Gasteiger partial charge >= 0.3 is 6.09 Å². The summed E-state index contributed by atoms with van der Waals surface area (Å²) in [4.78, 5) is 26.3. The number of hydrogen-bond acceptors (Lipinski definition) is 6. The van der Waals surface area contributed by atoms with E-state index >= 15 is 0 Å². The van der Waals surface area contributed by atoms with E-state index in [1.165, 1.54) is 11.3 Å². The molecule has 0 radical (unpaired) electrons. The van der Waals surface area contributed by atoms with Crippen molar-refractivity contribution in [3.05, 3.63) is 45.6 Å². The minimum Gasteiger partial charge on any atom is -0.442 e. The number of cyclic esters (lactones) is 1. The quantitative estimate of drug-likeness (QED) is 0.585. The molecule has 144 valence electrons. The lowest BCUT2D eigenvalue weighted by Crippen LogP contribution is -2.34. The summed E-state index contributed by atoms with van der Waals surface area (Å²) in [6, 6.07) is 10.9. The zero-order valence-corrected chi connectivity index (χ0v) is 16.4. The van der Waals surface area contributed by atoms with E-state index in [0.29, 0.717) is 15.8 Å². The Labute approximate surface area is 166 Å². The van der Waals surface area contributed by atoms with Gasteiger partial charge in [0, 0.05) is 24.5 Å². The molecule has 2 amide bonds. The van der Waals surface area contributed by atoms with Crippen LogP contribution in [0, 0.1) is 0 Å². The lowest BCUT2D eigenvalue weighted by molar-refractivity contribution is 0.0920. The highest BCUT2D eigenvalue weighted by Gasteiger charge is 2.32. The number of benzene rings is 1.